The minimum atomic E-state index is -0.136. The quantitative estimate of drug-likeness (QED) is 0.841. The Bertz CT molecular complexity index is 619. The average Bonchev–Trinajstić information content (AvgIpc) is 2.66. The molecule has 0 aliphatic carbocycles. The SMILES string of the molecule is CC1CN(C(C)(C)CNC(=O)c2ccc(N3CCOCC3)nc2)CC(C)O1. The molecule has 2 atom stereocenters. The van der Waals surface area contributed by atoms with Gasteiger partial charge in [0.2, 0.25) is 0 Å². The van der Waals surface area contributed by atoms with Crippen LogP contribution in [0.5, 0.6) is 0 Å². The number of ether oxygens (including phenoxy) is 2. The first-order valence-corrected chi connectivity index (χ1v) is 9.82. The van der Waals surface area contributed by atoms with Crippen LogP contribution in [-0.2, 0) is 9.47 Å². The van der Waals surface area contributed by atoms with E-state index in [9.17, 15) is 4.79 Å². The second-order valence-corrected chi connectivity index (χ2v) is 8.16. The number of nitrogens with zero attached hydrogens (tertiary/aromatic N) is 3. The van der Waals surface area contributed by atoms with E-state index < -0.39 is 0 Å². The van der Waals surface area contributed by atoms with Crippen molar-refractivity contribution >= 4 is 11.7 Å². The summed E-state index contributed by atoms with van der Waals surface area (Å²) in [4.78, 5) is 21.6. The van der Waals surface area contributed by atoms with E-state index in [1.807, 2.05) is 12.1 Å². The summed E-state index contributed by atoms with van der Waals surface area (Å²) >= 11 is 0. The lowest BCUT2D eigenvalue weighted by molar-refractivity contribution is -0.0948. The van der Waals surface area contributed by atoms with E-state index in [0.29, 0.717) is 12.1 Å². The summed E-state index contributed by atoms with van der Waals surface area (Å²) in [5.74, 6) is 0.810. The standard InChI is InChI=1S/C20H32N4O3/c1-15-12-24(13-16(2)27-15)20(3,4)14-22-19(25)17-5-6-18(21-11-17)23-7-9-26-10-8-23/h5-6,11,15-16H,7-10,12-14H2,1-4H3,(H,22,25). The molecule has 0 saturated carbocycles. The Hall–Kier alpha value is -1.70. The highest BCUT2D eigenvalue weighted by Gasteiger charge is 2.33. The molecule has 1 aromatic heterocycles. The normalized spacial score (nSPS) is 24.7. The van der Waals surface area contributed by atoms with Gasteiger partial charge in [0.05, 0.1) is 31.0 Å². The summed E-state index contributed by atoms with van der Waals surface area (Å²) in [6, 6.07) is 3.76. The Labute approximate surface area is 162 Å². The lowest BCUT2D eigenvalue weighted by Crippen LogP contribution is -2.58. The molecule has 0 spiro atoms. The van der Waals surface area contributed by atoms with Crippen molar-refractivity contribution in [1.82, 2.24) is 15.2 Å². The van der Waals surface area contributed by atoms with Gasteiger partial charge in [-0.2, -0.15) is 0 Å². The molecule has 0 bridgehead atoms. The molecule has 2 saturated heterocycles. The van der Waals surface area contributed by atoms with Crippen LogP contribution < -0.4 is 10.2 Å². The molecule has 1 aromatic rings. The average molecular weight is 377 g/mol. The molecule has 27 heavy (non-hydrogen) atoms. The van der Waals surface area contributed by atoms with Crippen molar-refractivity contribution in [2.75, 3.05) is 50.8 Å². The second kappa shape index (κ2) is 8.54. The van der Waals surface area contributed by atoms with Gasteiger partial charge in [-0.25, -0.2) is 4.98 Å². The highest BCUT2D eigenvalue weighted by molar-refractivity contribution is 5.94. The van der Waals surface area contributed by atoms with Crippen LogP contribution in [0, 0.1) is 0 Å². The Morgan fingerprint density at radius 1 is 1.22 bits per heavy atom. The van der Waals surface area contributed by atoms with E-state index in [-0.39, 0.29) is 23.7 Å². The van der Waals surface area contributed by atoms with Crippen molar-refractivity contribution in [3.63, 3.8) is 0 Å². The van der Waals surface area contributed by atoms with Crippen molar-refractivity contribution in [2.24, 2.45) is 0 Å². The number of pyridine rings is 1. The first-order chi connectivity index (χ1) is 12.8. The number of rotatable bonds is 5. The number of nitrogens with one attached hydrogen (secondary N) is 1. The number of hydrogen-bond acceptors (Lipinski definition) is 6. The maximum atomic E-state index is 12.6. The summed E-state index contributed by atoms with van der Waals surface area (Å²) < 4.78 is 11.2. The van der Waals surface area contributed by atoms with Crippen LogP contribution in [0.1, 0.15) is 38.1 Å². The van der Waals surface area contributed by atoms with E-state index in [4.69, 9.17) is 9.47 Å². The molecule has 2 aliphatic heterocycles. The second-order valence-electron chi connectivity index (χ2n) is 8.16. The molecule has 7 nitrogen and oxygen atoms in total. The van der Waals surface area contributed by atoms with Crippen molar-refractivity contribution in [2.45, 2.75) is 45.4 Å². The van der Waals surface area contributed by atoms with Gasteiger partial charge in [-0.15, -0.1) is 0 Å². The number of carbonyl (C=O) groups is 1. The van der Waals surface area contributed by atoms with Crippen molar-refractivity contribution in [3.8, 4) is 0 Å². The van der Waals surface area contributed by atoms with Gasteiger partial charge in [-0.3, -0.25) is 9.69 Å². The fraction of sp³-hybridized carbons (Fsp3) is 0.700. The zero-order chi connectivity index (χ0) is 19.4. The van der Waals surface area contributed by atoms with Gasteiger partial charge in [0.25, 0.3) is 5.91 Å². The lowest BCUT2D eigenvalue weighted by atomic mass is 10.00. The fourth-order valence-electron chi connectivity index (χ4n) is 3.68. The van der Waals surface area contributed by atoms with E-state index in [1.54, 1.807) is 6.20 Å². The number of morpholine rings is 2. The number of anilines is 1. The smallest absolute Gasteiger partial charge is 0.252 e. The molecule has 3 heterocycles. The Morgan fingerprint density at radius 3 is 2.48 bits per heavy atom. The molecule has 3 rings (SSSR count). The Balaban J connectivity index is 1.55. The third-order valence-electron chi connectivity index (χ3n) is 5.30. The molecule has 7 heteroatoms. The number of carbonyl (C=O) groups excluding carboxylic acids is 1. The van der Waals surface area contributed by atoms with Crippen LogP contribution in [0.4, 0.5) is 5.82 Å². The molecule has 2 aliphatic rings. The zero-order valence-corrected chi connectivity index (χ0v) is 16.9. The van der Waals surface area contributed by atoms with Gasteiger partial charge in [0.15, 0.2) is 0 Å². The summed E-state index contributed by atoms with van der Waals surface area (Å²) in [5, 5.41) is 3.07. The summed E-state index contributed by atoms with van der Waals surface area (Å²) in [7, 11) is 0. The molecule has 0 radical (unpaired) electrons. The molecule has 1 N–H and O–H groups in total. The van der Waals surface area contributed by atoms with Gasteiger partial charge >= 0.3 is 0 Å². The molecule has 2 fully saturated rings. The van der Waals surface area contributed by atoms with Crippen LogP contribution >= 0.6 is 0 Å². The first kappa shape index (κ1) is 20.0. The third-order valence-corrected chi connectivity index (χ3v) is 5.30. The van der Waals surface area contributed by atoms with Crippen LogP contribution in [0.25, 0.3) is 0 Å². The van der Waals surface area contributed by atoms with E-state index >= 15 is 0 Å². The van der Waals surface area contributed by atoms with Crippen molar-refractivity contribution < 1.29 is 14.3 Å². The topological polar surface area (TPSA) is 66.9 Å². The van der Waals surface area contributed by atoms with Crippen LogP contribution in [-0.4, -0.2) is 79.5 Å². The van der Waals surface area contributed by atoms with Gasteiger partial charge in [-0.05, 0) is 39.8 Å². The first-order valence-electron chi connectivity index (χ1n) is 9.82. The van der Waals surface area contributed by atoms with E-state index in [2.05, 4.69) is 47.8 Å². The van der Waals surface area contributed by atoms with Gasteiger partial charge in [0.1, 0.15) is 5.82 Å². The summed E-state index contributed by atoms with van der Waals surface area (Å²) in [5.41, 5.74) is 0.454. The van der Waals surface area contributed by atoms with Crippen LogP contribution in [0.3, 0.4) is 0 Å². The highest BCUT2D eigenvalue weighted by atomic mass is 16.5. The summed E-state index contributed by atoms with van der Waals surface area (Å²) in [6.07, 6.45) is 2.08. The van der Waals surface area contributed by atoms with Crippen LogP contribution in [0.15, 0.2) is 18.3 Å². The predicted octanol–water partition coefficient (Wildman–Crippen LogP) is 1.54. The minimum absolute atomic E-state index is 0.0848. The van der Waals surface area contributed by atoms with Gasteiger partial charge in [-0.1, -0.05) is 0 Å². The van der Waals surface area contributed by atoms with E-state index in [0.717, 1.165) is 45.2 Å². The van der Waals surface area contributed by atoms with E-state index in [1.165, 1.54) is 0 Å². The minimum Gasteiger partial charge on any atom is -0.378 e. The lowest BCUT2D eigenvalue weighted by Gasteiger charge is -2.45. The Kier molecular flexibility index (Phi) is 6.34. The molecular formula is C20H32N4O3. The third kappa shape index (κ3) is 5.18. The highest BCUT2D eigenvalue weighted by Crippen LogP contribution is 2.21. The fourth-order valence-corrected chi connectivity index (χ4v) is 3.68. The number of hydrogen-bond donors (Lipinski definition) is 1. The van der Waals surface area contributed by atoms with Crippen LogP contribution in [0.2, 0.25) is 0 Å². The monoisotopic (exact) mass is 376 g/mol. The molecule has 150 valence electrons. The van der Waals surface area contributed by atoms with Gasteiger partial charge in [0, 0.05) is 44.5 Å². The number of amides is 1. The molecule has 1 amide bonds. The molecule has 0 aromatic carbocycles. The van der Waals surface area contributed by atoms with Crippen molar-refractivity contribution in [1.29, 1.82) is 0 Å². The molecular weight excluding hydrogens is 344 g/mol. The van der Waals surface area contributed by atoms with Crippen molar-refractivity contribution in [3.05, 3.63) is 23.9 Å². The maximum absolute atomic E-state index is 12.6. The summed E-state index contributed by atoms with van der Waals surface area (Å²) in [6.45, 7) is 14.0. The van der Waals surface area contributed by atoms with Gasteiger partial charge < -0.3 is 19.7 Å². The Morgan fingerprint density at radius 2 is 1.89 bits per heavy atom. The molecule has 2 unspecified atom stereocenters. The predicted molar refractivity (Wildman–Crippen MR) is 105 cm³/mol. The maximum Gasteiger partial charge on any atom is 0.252 e. The largest absolute Gasteiger partial charge is 0.378 e. The zero-order valence-electron chi connectivity index (χ0n) is 16.9. The number of aromatic nitrogens is 1.